The lowest BCUT2D eigenvalue weighted by Gasteiger charge is -2.08. The van der Waals surface area contributed by atoms with Crippen molar-refractivity contribution in [1.82, 2.24) is 0 Å². The molecule has 0 bridgehead atoms. The first-order valence-corrected chi connectivity index (χ1v) is 5.97. The van der Waals surface area contributed by atoms with Crippen LogP contribution >= 0.6 is 0 Å². The molecule has 0 aromatic heterocycles. The predicted molar refractivity (Wildman–Crippen MR) is 62.0 cm³/mol. The average molecular weight is 182 g/mol. The van der Waals surface area contributed by atoms with Crippen molar-refractivity contribution in [3.05, 3.63) is 12.7 Å². The quantitative estimate of drug-likeness (QED) is 0.349. The lowest BCUT2D eigenvalue weighted by atomic mass is 9.98. The highest BCUT2D eigenvalue weighted by molar-refractivity contribution is 4.77. The van der Waals surface area contributed by atoms with Crippen molar-refractivity contribution in [2.75, 3.05) is 0 Å². The van der Waals surface area contributed by atoms with Gasteiger partial charge in [-0.1, -0.05) is 58.4 Å². The van der Waals surface area contributed by atoms with Crippen LogP contribution in [0, 0.1) is 5.92 Å². The van der Waals surface area contributed by atoms with Crippen LogP contribution in [0.1, 0.15) is 65.2 Å². The molecule has 0 aliphatic rings. The maximum absolute atomic E-state index is 3.86. The van der Waals surface area contributed by atoms with Crippen LogP contribution in [0.15, 0.2) is 12.7 Å². The zero-order valence-electron chi connectivity index (χ0n) is 9.52. The van der Waals surface area contributed by atoms with Crippen molar-refractivity contribution >= 4 is 0 Å². The van der Waals surface area contributed by atoms with Gasteiger partial charge in [-0.05, 0) is 18.8 Å². The summed E-state index contributed by atoms with van der Waals surface area (Å²) in [6.45, 7) is 8.38. The Bertz CT molecular complexity index is 105. The SMILES string of the molecule is C=CC(CC)CCCCCCCC. The molecule has 0 aromatic rings. The maximum atomic E-state index is 3.86. The number of allylic oxidation sites excluding steroid dienone is 1. The van der Waals surface area contributed by atoms with E-state index in [4.69, 9.17) is 0 Å². The molecule has 78 valence electrons. The summed E-state index contributed by atoms with van der Waals surface area (Å²) >= 11 is 0. The summed E-state index contributed by atoms with van der Waals surface area (Å²) in [7, 11) is 0. The third-order valence-corrected chi connectivity index (χ3v) is 2.79. The summed E-state index contributed by atoms with van der Waals surface area (Å²) in [6, 6.07) is 0. The standard InChI is InChI=1S/C13H26/c1-4-7-8-9-10-11-12-13(5-2)6-3/h5,13H,2,4,6-12H2,1,3H3. The Balaban J connectivity index is 3.10. The molecule has 0 rings (SSSR count). The van der Waals surface area contributed by atoms with E-state index in [9.17, 15) is 0 Å². The van der Waals surface area contributed by atoms with E-state index < -0.39 is 0 Å². The van der Waals surface area contributed by atoms with Crippen LogP contribution < -0.4 is 0 Å². The summed E-state index contributed by atoms with van der Waals surface area (Å²) < 4.78 is 0. The summed E-state index contributed by atoms with van der Waals surface area (Å²) in [4.78, 5) is 0. The van der Waals surface area contributed by atoms with Crippen molar-refractivity contribution in [3.63, 3.8) is 0 Å². The van der Waals surface area contributed by atoms with Crippen LogP contribution in [-0.2, 0) is 0 Å². The molecule has 1 unspecified atom stereocenters. The summed E-state index contributed by atoms with van der Waals surface area (Å²) in [5, 5.41) is 0. The Morgan fingerprint density at radius 3 is 2.15 bits per heavy atom. The molecule has 0 heteroatoms. The Hall–Kier alpha value is -0.260. The molecule has 0 aliphatic heterocycles. The van der Waals surface area contributed by atoms with Gasteiger partial charge in [-0.15, -0.1) is 6.58 Å². The topological polar surface area (TPSA) is 0 Å². The van der Waals surface area contributed by atoms with E-state index in [-0.39, 0.29) is 0 Å². The predicted octanol–water partition coefficient (Wildman–Crippen LogP) is 4.95. The zero-order valence-corrected chi connectivity index (χ0v) is 9.52. The summed E-state index contributed by atoms with van der Waals surface area (Å²) in [5.74, 6) is 0.770. The van der Waals surface area contributed by atoms with E-state index >= 15 is 0 Å². The van der Waals surface area contributed by atoms with E-state index in [2.05, 4.69) is 26.5 Å². The van der Waals surface area contributed by atoms with Gasteiger partial charge in [0, 0.05) is 0 Å². The molecule has 0 aliphatic carbocycles. The van der Waals surface area contributed by atoms with Crippen molar-refractivity contribution in [2.24, 2.45) is 5.92 Å². The van der Waals surface area contributed by atoms with E-state index in [0.29, 0.717) is 0 Å². The number of hydrogen-bond acceptors (Lipinski definition) is 0. The Morgan fingerprint density at radius 1 is 1.00 bits per heavy atom. The molecule has 0 spiro atoms. The third kappa shape index (κ3) is 8.08. The molecule has 13 heavy (non-hydrogen) atoms. The van der Waals surface area contributed by atoms with Crippen molar-refractivity contribution < 1.29 is 0 Å². The molecule has 0 saturated heterocycles. The number of hydrogen-bond donors (Lipinski definition) is 0. The first-order chi connectivity index (χ1) is 6.35. The minimum Gasteiger partial charge on any atom is -0.103 e. The molecular formula is C13H26. The highest BCUT2D eigenvalue weighted by Gasteiger charge is 1.99. The third-order valence-electron chi connectivity index (χ3n) is 2.79. The lowest BCUT2D eigenvalue weighted by Crippen LogP contribution is -1.93. The first-order valence-electron chi connectivity index (χ1n) is 5.97. The summed E-state index contributed by atoms with van der Waals surface area (Å²) in [5.41, 5.74) is 0. The van der Waals surface area contributed by atoms with Gasteiger partial charge in [0.25, 0.3) is 0 Å². The maximum Gasteiger partial charge on any atom is -0.0239 e. The van der Waals surface area contributed by atoms with Crippen LogP contribution in [0.4, 0.5) is 0 Å². The minimum atomic E-state index is 0.770. The van der Waals surface area contributed by atoms with E-state index in [0.717, 1.165) is 5.92 Å². The second-order valence-electron chi connectivity index (χ2n) is 3.96. The average Bonchev–Trinajstić information content (AvgIpc) is 2.17. The van der Waals surface area contributed by atoms with Gasteiger partial charge < -0.3 is 0 Å². The van der Waals surface area contributed by atoms with Crippen molar-refractivity contribution in [1.29, 1.82) is 0 Å². The van der Waals surface area contributed by atoms with E-state index in [1.54, 1.807) is 0 Å². The smallest absolute Gasteiger partial charge is 0.0239 e. The molecular weight excluding hydrogens is 156 g/mol. The highest BCUT2D eigenvalue weighted by atomic mass is 14.0. The Labute approximate surface area is 84.4 Å². The van der Waals surface area contributed by atoms with Gasteiger partial charge >= 0.3 is 0 Å². The highest BCUT2D eigenvalue weighted by Crippen LogP contribution is 2.15. The molecule has 1 atom stereocenters. The minimum absolute atomic E-state index is 0.770. The second kappa shape index (κ2) is 9.83. The lowest BCUT2D eigenvalue weighted by molar-refractivity contribution is 0.509. The number of rotatable bonds is 9. The van der Waals surface area contributed by atoms with Crippen LogP contribution in [0.5, 0.6) is 0 Å². The Kier molecular flexibility index (Phi) is 9.63. The van der Waals surface area contributed by atoms with Crippen LogP contribution in [0.25, 0.3) is 0 Å². The van der Waals surface area contributed by atoms with Gasteiger partial charge in [-0.25, -0.2) is 0 Å². The fraction of sp³-hybridized carbons (Fsp3) is 0.846. The van der Waals surface area contributed by atoms with Crippen LogP contribution in [-0.4, -0.2) is 0 Å². The molecule has 0 radical (unpaired) electrons. The fourth-order valence-electron chi connectivity index (χ4n) is 1.68. The van der Waals surface area contributed by atoms with E-state index in [1.807, 2.05) is 0 Å². The molecule has 0 fully saturated rings. The fourth-order valence-corrected chi connectivity index (χ4v) is 1.68. The van der Waals surface area contributed by atoms with Gasteiger partial charge in [0.2, 0.25) is 0 Å². The van der Waals surface area contributed by atoms with Crippen LogP contribution in [0.2, 0.25) is 0 Å². The second-order valence-corrected chi connectivity index (χ2v) is 3.96. The van der Waals surface area contributed by atoms with Crippen LogP contribution in [0.3, 0.4) is 0 Å². The zero-order chi connectivity index (χ0) is 9.94. The van der Waals surface area contributed by atoms with Crippen molar-refractivity contribution in [3.8, 4) is 0 Å². The first kappa shape index (κ1) is 12.7. The van der Waals surface area contributed by atoms with E-state index in [1.165, 1.54) is 51.4 Å². The molecule has 0 aromatic carbocycles. The number of unbranched alkanes of at least 4 members (excludes halogenated alkanes) is 5. The summed E-state index contributed by atoms with van der Waals surface area (Å²) in [6.07, 6.45) is 13.2. The molecule has 0 saturated carbocycles. The van der Waals surface area contributed by atoms with Gasteiger partial charge in [0.15, 0.2) is 0 Å². The van der Waals surface area contributed by atoms with Gasteiger partial charge in [-0.3, -0.25) is 0 Å². The van der Waals surface area contributed by atoms with Gasteiger partial charge in [0.05, 0.1) is 0 Å². The monoisotopic (exact) mass is 182 g/mol. The van der Waals surface area contributed by atoms with Gasteiger partial charge in [-0.2, -0.15) is 0 Å². The molecule has 0 amide bonds. The molecule has 0 heterocycles. The largest absolute Gasteiger partial charge is 0.103 e. The molecule has 0 N–H and O–H groups in total. The van der Waals surface area contributed by atoms with Crippen molar-refractivity contribution in [2.45, 2.75) is 65.2 Å². The molecule has 0 nitrogen and oxygen atoms in total. The Morgan fingerprint density at radius 2 is 1.62 bits per heavy atom. The van der Waals surface area contributed by atoms with Gasteiger partial charge in [0.1, 0.15) is 0 Å². The normalized spacial score (nSPS) is 12.8.